The molecule has 3 aromatic carbocycles. The van der Waals surface area contributed by atoms with E-state index in [1.165, 1.54) is 0 Å². The number of aromatic nitrogens is 1. The summed E-state index contributed by atoms with van der Waals surface area (Å²) < 4.78 is 52.4. The molecule has 6 rings (SSSR count). The second kappa shape index (κ2) is 15.8. The number of aliphatic hydroxyl groups excluding tert-OH is 1. The molecule has 2 fully saturated rings. The zero-order valence-electron chi connectivity index (χ0n) is 27.4. The van der Waals surface area contributed by atoms with Crippen molar-refractivity contribution in [2.24, 2.45) is 5.92 Å². The average molecular weight is 706 g/mol. The minimum Gasteiger partial charge on any atom is -0.392 e. The number of nitrogens with zero attached hydrogens (tertiary/aromatic N) is 2. The number of carbonyl (C=O) groups is 2. The molecular formula is C38H38F3N3O5S. The third-order valence-corrected chi connectivity index (χ3v) is 10.2. The van der Waals surface area contributed by atoms with E-state index in [2.05, 4.69) is 17.2 Å². The van der Waals surface area contributed by atoms with Gasteiger partial charge in [0.15, 0.2) is 6.29 Å². The van der Waals surface area contributed by atoms with Crippen molar-refractivity contribution in [1.82, 2.24) is 15.2 Å². The maximum Gasteiger partial charge on any atom is 0.471 e. The van der Waals surface area contributed by atoms with Crippen LogP contribution >= 0.6 is 11.8 Å². The van der Waals surface area contributed by atoms with Crippen molar-refractivity contribution in [3.63, 3.8) is 0 Å². The van der Waals surface area contributed by atoms with Crippen LogP contribution in [0.25, 0.3) is 11.1 Å². The summed E-state index contributed by atoms with van der Waals surface area (Å²) in [6.07, 6.45) is -3.82. The van der Waals surface area contributed by atoms with Crippen LogP contribution in [0.4, 0.5) is 13.2 Å². The number of benzene rings is 3. The van der Waals surface area contributed by atoms with Gasteiger partial charge in [-0.05, 0) is 52.8 Å². The third kappa shape index (κ3) is 8.21. The SMILES string of the molecule is CC1C(CSc2ccccn2)OC(c2ccc(-c3ccccc3CNC(=O)C3CCCN3C(=O)C(F)(F)F)cc2)OC1c1ccc(CO)cc1. The number of halogens is 3. The topological polar surface area (TPSA) is 101 Å². The summed E-state index contributed by atoms with van der Waals surface area (Å²) >= 11 is 1.63. The fourth-order valence-electron chi connectivity index (χ4n) is 6.43. The number of thioether (sulfide) groups is 1. The average Bonchev–Trinajstić information content (AvgIpc) is 3.63. The van der Waals surface area contributed by atoms with E-state index >= 15 is 0 Å². The van der Waals surface area contributed by atoms with E-state index in [1.807, 2.05) is 91.0 Å². The van der Waals surface area contributed by atoms with E-state index in [0.717, 1.165) is 38.4 Å². The number of rotatable bonds is 10. The van der Waals surface area contributed by atoms with Gasteiger partial charge in [0.05, 0.1) is 23.8 Å². The van der Waals surface area contributed by atoms with E-state index in [-0.39, 0.29) is 44.2 Å². The predicted octanol–water partition coefficient (Wildman–Crippen LogP) is 6.99. The molecule has 8 nitrogen and oxygen atoms in total. The standard InChI is InChI=1S/C38H38F3N3O5S/c1-24-32(23-50-33-10-4-5-19-42-33)48-36(49-34(24)27-13-11-25(22-45)12-14-27)28-17-15-26(16-18-28)30-8-3-2-7-29(30)21-43-35(46)31-9-6-20-44(31)37(47)38(39,40)41/h2-5,7-8,10-19,24,31-32,34,36,45H,6,9,20-23H2,1H3,(H,43,46). The molecule has 0 spiro atoms. The molecule has 12 heteroatoms. The van der Waals surface area contributed by atoms with Crippen LogP contribution in [0.1, 0.15) is 54.4 Å². The number of ether oxygens (including phenoxy) is 2. The van der Waals surface area contributed by atoms with Gasteiger partial charge in [0.25, 0.3) is 0 Å². The summed E-state index contributed by atoms with van der Waals surface area (Å²) in [5.74, 6) is -1.90. The second-order valence-corrected chi connectivity index (χ2v) is 13.5. The fraction of sp³-hybridized carbons (Fsp3) is 0.342. The molecule has 2 aliphatic rings. The van der Waals surface area contributed by atoms with Crippen molar-refractivity contribution in [3.8, 4) is 11.1 Å². The van der Waals surface area contributed by atoms with Crippen LogP contribution in [-0.4, -0.2) is 57.4 Å². The van der Waals surface area contributed by atoms with Crippen LogP contribution in [0.15, 0.2) is 102 Å². The molecule has 2 saturated heterocycles. The van der Waals surface area contributed by atoms with Gasteiger partial charge in [-0.15, -0.1) is 11.8 Å². The molecule has 50 heavy (non-hydrogen) atoms. The van der Waals surface area contributed by atoms with E-state index in [1.54, 1.807) is 18.0 Å². The van der Waals surface area contributed by atoms with Crippen LogP contribution < -0.4 is 5.32 Å². The number of nitrogens with one attached hydrogen (secondary N) is 1. The van der Waals surface area contributed by atoms with Gasteiger partial charge in [-0.25, -0.2) is 4.98 Å². The number of likely N-dealkylation sites (tertiary alicyclic amines) is 1. The third-order valence-electron chi connectivity index (χ3n) is 9.18. The first-order valence-electron chi connectivity index (χ1n) is 16.5. The number of amides is 2. The monoisotopic (exact) mass is 705 g/mol. The number of pyridine rings is 1. The van der Waals surface area contributed by atoms with Crippen LogP contribution in [0.5, 0.6) is 0 Å². The Morgan fingerprint density at radius 3 is 2.38 bits per heavy atom. The maximum atomic E-state index is 13.1. The first kappa shape index (κ1) is 35.6. The summed E-state index contributed by atoms with van der Waals surface area (Å²) in [6.45, 7) is 2.05. The summed E-state index contributed by atoms with van der Waals surface area (Å²) in [4.78, 5) is 29.9. The minimum absolute atomic E-state index is 0.0201. The van der Waals surface area contributed by atoms with E-state index in [9.17, 15) is 27.9 Å². The Bertz CT molecular complexity index is 1760. The lowest BCUT2D eigenvalue weighted by Gasteiger charge is -2.41. The van der Waals surface area contributed by atoms with Crippen molar-refractivity contribution >= 4 is 23.6 Å². The molecule has 0 aliphatic carbocycles. The molecular weight excluding hydrogens is 667 g/mol. The zero-order valence-corrected chi connectivity index (χ0v) is 28.2. The summed E-state index contributed by atoms with van der Waals surface area (Å²) in [6, 6.07) is 27.7. The quantitative estimate of drug-likeness (QED) is 0.172. The van der Waals surface area contributed by atoms with Gasteiger partial charge in [0, 0.05) is 36.5 Å². The van der Waals surface area contributed by atoms with Gasteiger partial charge < -0.3 is 24.8 Å². The molecule has 2 N–H and O–H groups in total. The summed E-state index contributed by atoms with van der Waals surface area (Å²) in [5.41, 5.74) is 5.13. The molecule has 262 valence electrons. The van der Waals surface area contributed by atoms with Crippen molar-refractivity contribution < 1.29 is 37.3 Å². The summed E-state index contributed by atoms with van der Waals surface area (Å²) in [7, 11) is 0. The van der Waals surface area contributed by atoms with Gasteiger partial charge in [-0.3, -0.25) is 9.59 Å². The number of hydrogen-bond donors (Lipinski definition) is 2. The molecule has 2 aliphatic heterocycles. The molecule has 4 aromatic rings. The Morgan fingerprint density at radius 2 is 1.68 bits per heavy atom. The van der Waals surface area contributed by atoms with Crippen LogP contribution in [-0.2, 0) is 32.2 Å². The van der Waals surface area contributed by atoms with Crippen LogP contribution in [0.3, 0.4) is 0 Å². The Kier molecular flexibility index (Phi) is 11.2. The lowest BCUT2D eigenvalue weighted by molar-refractivity contribution is -0.268. The first-order valence-corrected chi connectivity index (χ1v) is 17.5. The Morgan fingerprint density at radius 1 is 0.960 bits per heavy atom. The van der Waals surface area contributed by atoms with Crippen LogP contribution in [0, 0.1) is 5.92 Å². The number of hydrogen-bond acceptors (Lipinski definition) is 7. The highest BCUT2D eigenvalue weighted by molar-refractivity contribution is 7.99. The molecule has 0 saturated carbocycles. The largest absolute Gasteiger partial charge is 0.471 e. The van der Waals surface area contributed by atoms with Gasteiger partial charge in [0.1, 0.15) is 6.04 Å². The molecule has 3 heterocycles. The first-order chi connectivity index (χ1) is 24.1. The second-order valence-electron chi connectivity index (χ2n) is 12.5. The predicted molar refractivity (Wildman–Crippen MR) is 182 cm³/mol. The molecule has 0 bridgehead atoms. The summed E-state index contributed by atoms with van der Waals surface area (Å²) in [5, 5.41) is 13.2. The highest BCUT2D eigenvalue weighted by atomic mass is 32.2. The van der Waals surface area contributed by atoms with Gasteiger partial charge in [0.2, 0.25) is 5.91 Å². The molecule has 2 amide bonds. The lowest BCUT2D eigenvalue weighted by Crippen LogP contribution is -2.50. The minimum atomic E-state index is -5.03. The van der Waals surface area contributed by atoms with E-state index < -0.39 is 30.3 Å². The number of aliphatic hydroxyl groups is 1. The highest BCUT2D eigenvalue weighted by Gasteiger charge is 2.47. The van der Waals surface area contributed by atoms with Crippen molar-refractivity contribution in [2.45, 2.75) is 68.7 Å². The van der Waals surface area contributed by atoms with Gasteiger partial charge in [-0.1, -0.05) is 85.8 Å². The smallest absolute Gasteiger partial charge is 0.392 e. The van der Waals surface area contributed by atoms with E-state index in [4.69, 9.17) is 9.47 Å². The number of carbonyl (C=O) groups excluding carboxylic acids is 2. The van der Waals surface area contributed by atoms with Crippen molar-refractivity contribution in [2.75, 3.05) is 12.3 Å². The molecule has 5 unspecified atom stereocenters. The van der Waals surface area contributed by atoms with Gasteiger partial charge in [-0.2, -0.15) is 13.2 Å². The maximum absolute atomic E-state index is 13.1. The van der Waals surface area contributed by atoms with Gasteiger partial charge >= 0.3 is 12.1 Å². The lowest BCUT2D eigenvalue weighted by atomic mass is 9.91. The Balaban J connectivity index is 1.17. The van der Waals surface area contributed by atoms with Crippen LogP contribution in [0.2, 0.25) is 0 Å². The van der Waals surface area contributed by atoms with Crippen molar-refractivity contribution in [1.29, 1.82) is 0 Å². The molecule has 1 aromatic heterocycles. The Labute approximate surface area is 293 Å². The number of alkyl halides is 3. The van der Waals surface area contributed by atoms with E-state index in [0.29, 0.717) is 17.1 Å². The molecule has 0 radical (unpaired) electrons. The Hall–Kier alpha value is -4.23. The van der Waals surface area contributed by atoms with Crippen molar-refractivity contribution in [3.05, 3.63) is 119 Å². The zero-order chi connectivity index (χ0) is 35.3. The normalized spacial score (nSPS) is 22.3. The fourth-order valence-corrected chi connectivity index (χ4v) is 7.46. The molecule has 5 atom stereocenters. The highest BCUT2D eigenvalue weighted by Crippen LogP contribution is 2.43.